The molecule has 0 unspecified atom stereocenters. The van der Waals surface area contributed by atoms with Crippen molar-refractivity contribution in [2.45, 2.75) is 13.0 Å². The van der Waals surface area contributed by atoms with E-state index in [9.17, 15) is 4.79 Å². The highest BCUT2D eigenvalue weighted by atomic mass is 19.1. The van der Waals surface area contributed by atoms with Gasteiger partial charge in [-0.15, -0.1) is 0 Å². The third-order valence-corrected chi connectivity index (χ3v) is 6.82. The summed E-state index contributed by atoms with van der Waals surface area (Å²) in [6, 6.07) is 11.4. The number of aromatic nitrogens is 5. The Hall–Kier alpha value is -5.52. The first-order chi connectivity index (χ1) is 20.4. The van der Waals surface area contributed by atoms with Crippen LogP contribution < -0.4 is 19.5 Å². The third kappa shape index (κ3) is 5.29. The van der Waals surface area contributed by atoms with Crippen molar-refractivity contribution in [2.75, 3.05) is 25.5 Å². The van der Waals surface area contributed by atoms with Crippen LogP contribution in [-0.4, -0.2) is 62.3 Å². The van der Waals surface area contributed by atoms with Gasteiger partial charge in [-0.1, -0.05) is 6.58 Å². The van der Waals surface area contributed by atoms with Crippen molar-refractivity contribution in [3.63, 3.8) is 0 Å². The van der Waals surface area contributed by atoms with E-state index in [1.54, 1.807) is 53.7 Å². The van der Waals surface area contributed by atoms with E-state index in [4.69, 9.17) is 14.2 Å². The Morgan fingerprint density at radius 3 is 2.69 bits per heavy atom. The molecular formula is C30H26FN7O4. The van der Waals surface area contributed by atoms with Crippen LogP contribution in [0.15, 0.2) is 73.8 Å². The molecule has 0 saturated carbocycles. The van der Waals surface area contributed by atoms with Crippen LogP contribution in [0.3, 0.4) is 0 Å². The van der Waals surface area contributed by atoms with Crippen molar-refractivity contribution in [3.8, 4) is 34.3 Å². The Morgan fingerprint density at radius 2 is 1.95 bits per heavy atom. The lowest BCUT2D eigenvalue weighted by Gasteiger charge is -2.38. The average Bonchev–Trinajstić information content (AvgIpc) is 3.41. The maximum Gasteiger partial charge on any atom is 0.246 e. The highest BCUT2D eigenvalue weighted by Crippen LogP contribution is 2.37. The molecule has 1 saturated heterocycles. The number of nitrogens with zero attached hydrogens (tertiary/aromatic N) is 5. The number of carbonyl (C=O) groups excluding carboxylic acids is 1. The maximum absolute atomic E-state index is 15.3. The molecule has 0 radical (unpaired) electrons. The van der Waals surface area contributed by atoms with Crippen molar-refractivity contribution in [2.24, 2.45) is 0 Å². The summed E-state index contributed by atoms with van der Waals surface area (Å²) in [7, 11) is 1.53. The molecule has 6 rings (SSSR count). The van der Waals surface area contributed by atoms with Crippen LogP contribution in [0.25, 0.3) is 22.2 Å². The molecule has 1 aliphatic heterocycles. The summed E-state index contributed by atoms with van der Waals surface area (Å²) >= 11 is 0. The molecule has 4 heterocycles. The van der Waals surface area contributed by atoms with Crippen molar-refractivity contribution in [1.29, 1.82) is 0 Å². The van der Waals surface area contributed by atoms with Gasteiger partial charge in [-0.25, -0.2) is 14.4 Å². The van der Waals surface area contributed by atoms with E-state index in [0.29, 0.717) is 58.5 Å². The van der Waals surface area contributed by atoms with E-state index >= 15 is 4.39 Å². The summed E-state index contributed by atoms with van der Waals surface area (Å²) in [4.78, 5) is 26.4. The summed E-state index contributed by atoms with van der Waals surface area (Å²) in [5.41, 5.74) is 3.20. The molecule has 1 fully saturated rings. The molecule has 0 bridgehead atoms. The van der Waals surface area contributed by atoms with Crippen LogP contribution >= 0.6 is 0 Å². The number of methoxy groups -OCH3 is 1. The maximum atomic E-state index is 15.3. The highest BCUT2D eigenvalue weighted by molar-refractivity contribution is 5.93. The number of ether oxygens (including phenoxy) is 3. The zero-order valence-electron chi connectivity index (χ0n) is 22.8. The molecule has 0 atom stereocenters. The Labute approximate surface area is 240 Å². The van der Waals surface area contributed by atoms with Crippen LogP contribution in [0.1, 0.15) is 5.69 Å². The van der Waals surface area contributed by atoms with E-state index in [-0.39, 0.29) is 17.7 Å². The SMILES string of the molecule is C=CC(=O)N1CC(Oc2cc3c(Nc4ccc(Oc5ccnc(-c6cn[nH]c6C)c5)cc4F)ncnc3cc2OC)C1. The first-order valence-electron chi connectivity index (χ1n) is 13.0. The van der Waals surface area contributed by atoms with E-state index in [2.05, 4.69) is 37.0 Å². The van der Waals surface area contributed by atoms with E-state index in [0.717, 1.165) is 11.3 Å². The van der Waals surface area contributed by atoms with Crippen LogP contribution in [0.2, 0.25) is 0 Å². The zero-order chi connectivity index (χ0) is 29.2. The number of amides is 1. The highest BCUT2D eigenvalue weighted by Gasteiger charge is 2.31. The fourth-order valence-electron chi connectivity index (χ4n) is 4.57. The van der Waals surface area contributed by atoms with Gasteiger partial charge >= 0.3 is 0 Å². The Kier molecular flexibility index (Phi) is 7.09. The summed E-state index contributed by atoms with van der Waals surface area (Å²) in [6.45, 7) is 6.29. The lowest BCUT2D eigenvalue weighted by Crippen LogP contribution is -2.55. The predicted octanol–water partition coefficient (Wildman–Crippen LogP) is 5.18. The number of carbonyl (C=O) groups is 1. The molecular weight excluding hydrogens is 541 g/mol. The third-order valence-electron chi connectivity index (χ3n) is 6.82. The zero-order valence-corrected chi connectivity index (χ0v) is 22.8. The second-order valence-corrected chi connectivity index (χ2v) is 9.58. The molecule has 0 spiro atoms. The number of fused-ring (bicyclic) bond motifs is 1. The first kappa shape index (κ1) is 26.7. The lowest BCUT2D eigenvalue weighted by molar-refractivity contribution is -0.134. The van der Waals surface area contributed by atoms with Gasteiger partial charge in [-0.2, -0.15) is 5.10 Å². The summed E-state index contributed by atoms with van der Waals surface area (Å²) < 4.78 is 32.8. The van der Waals surface area contributed by atoms with Crippen molar-refractivity contribution in [1.82, 2.24) is 30.0 Å². The standard InChI is InChI=1S/C30H26FN7O4/c1-4-29(39)38-14-20(15-38)42-28-11-21-26(12-27(28)40-3)33-16-34-30(21)36-24-6-5-18(9-23(24)31)41-19-7-8-32-25(10-19)22-13-35-37-17(22)2/h4-13,16,20H,1,14-15H2,2-3H3,(H,35,37)(H,33,34,36). The number of pyridine rings is 1. The fraction of sp³-hybridized carbons (Fsp3) is 0.167. The molecule has 2 N–H and O–H groups in total. The number of rotatable bonds is 9. The molecule has 1 aliphatic rings. The molecule has 5 aromatic rings. The minimum Gasteiger partial charge on any atom is -0.493 e. The summed E-state index contributed by atoms with van der Waals surface area (Å²) in [5.74, 6) is 1.47. The Bertz CT molecular complexity index is 1800. The Morgan fingerprint density at radius 1 is 1.12 bits per heavy atom. The molecule has 12 heteroatoms. The Balaban J connectivity index is 1.21. The second-order valence-electron chi connectivity index (χ2n) is 9.58. The van der Waals surface area contributed by atoms with Gasteiger partial charge in [0, 0.05) is 41.0 Å². The number of hydrogen-bond acceptors (Lipinski definition) is 9. The van der Waals surface area contributed by atoms with Gasteiger partial charge in [0.15, 0.2) is 11.5 Å². The second kappa shape index (κ2) is 11.2. The molecule has 0 aliphatic carbocycles. The number of nitrogens with one attached hydrogen (secondary N) is 2. The van der Waals surface area contributed by atoms with Crippen LogP contribution in [-0.2, 0) is 4.79 Å². The topological polar surface area (TPSA) is 127 Å². The van der Waals surface area contributed by atoms with Gasteiger partial charge in [0.25, 0.3) is 0 Å². The number of H-pyrrole nitrogens is 1. The van der Waals surface area contributed by atoms with Gasteiger partial charge in [0.1, 0.15) is 35.6 Å². The van der Waals surface area contributed by atoms with Crippen molar-refractivity contribution in [3.05, 3.63) is 85.4 Å². The van der Waals surface area contributed by atoms with Crippen molar-refractivity contribution >= 4 is 28.3 Å². The molecule has 1 amide bonds. The van der Waals surface area contributed by atoms with Gasteiger partial charge in [0.05, 0.1) is 43.3 Å². The average molecular weight is 568 g/mol. The van der Waals surface area contributed by atoms with E-state index in [1.165, 1.54) is 25.6 Å². The number of halogens is 1. The summed E-state index contributed by atoms with van der Waals surface area (Å²) in [5, 5.41) is 10.6. The van der Waals surface area contributed by atoms with Gasteiger partial charge in [-0.3, -0.25) is 14.9 Å². The largest absolute Gasteiger partial charge is 0.493 e. The first-order valence-corrected chi connectivity index (χ1v) is 13.0. The number of hydrogen-bond donors (Lipinski definition) is 2. The fourth-order valence-corrected chi connectivity index (χ4v) is 4.57. The smallest absolute Gasteiger partial charge is 0.246 e. The van der Waals surface area contributed by atoms with Crippen LogP contribution in [0.4, 0.5) is 15.9 Å². The lowest BCUT2D eigenvalue weighted by atomic mass is 10.1. The molecule has 2 aromatic carbocycles. The van der Waals surface area contributed by atoms with E-state index in [1.807, 2.05) is 6.92 Å². The van der Waals surface area contributed by atoms with Crippen LogP contribution in [0, 0.1) is 12.7 Å². The van der Waals surface area contributed by atoms with E-state index < -0.39 is 5.82 Å². The molecule has 3 aromatic heterocycles. The van der Waals surface area contributed by atoms with Gasteiger partial charge in [-0.05, 0) is 37.3 Å². The molecule has 11 nitrogen and oxygen atoms in total. The quantitative estimate of drug-likeness (QED) is 0.232. The monoisotopic (exact) mass is 567 g/mol. The summed E-state index contributed by atoms with van der Waals surface area (Å²) in [6.07, 6.45) is 5.77. The molecule has 212 valence electrons. The normalized spacial score (nSPS) is 13.0. The van der Waals surface area contributed by atoms with Gasteiger partial charge < -0.3 is 24.4 Å². The number of aromatic amines is 1. The predicted molar refractivity (Wildman–Crippen MR) is 154 cm³/mol. The number of aryl methyl sites for hydroxylation is 1. The molecule has 42 heavy (non-hydrogen) atoms. The minimum absolute atomic E-state index is 0.145. The van der Waals surface area contributed by atoms with Gasteiger partial charge in [0.2, 0.25) is 5.91 Å². The van der Waals surface area contributed by atoms with Crippen molar-refractivity contribution < 1.29 is 23.4 Å². The number of likely N-dealkylation sites (tertiary alicyclic amines) is 1. The minimum atomic E-state index is -0.536. The number of benzene rings is 2. The number of anilines is 2. The van der Waals surface area contributed by atoms with Crippen LogP contribution in [0.5, 0.6) is 23.0 Å².